The van der Waals surface area contributed by atoms with E-state index in [0.29, 0.717) is 36.2 Å². The lowest BCUT2D eigenvalue weighted by atomic mass is 9.32. The van der Waals surface area contributed by atoms with Crippen molar-refractivity contribution in [2.24, 2.45) is 56.7 Å². The van der Waals surface area contributed by atoms with Crippen LogP contribution in [0.1, 0.15) is 106 Å². The van der Waals surface area contributed by atoms with Crippen molar-refractivity contribution in [2.45, 2.75) is 143 Å². The quantitative estimate of drug-likeness (QED) is 0.225. The average Bonchev–Trinajstić information content (AvgIpc) is 3.35. The van der Waals surface area contributed by atoms with E-state index in [0.717, 1.165) is 32.1 Å². The molecule has 0 unspecified atom stereocenters. The van der Waals surface area contributed by atoms with Gasteiger partial charge in [0, 0.05) is 6.61 Å². The first-order chi connectivity index (χ1) is 20.1. The Balaban J connectivity index is 1.26. The summed E-state index contributed by atoms with van der Waals surface area (Å²) in [4.78, 5) is 0. The smallest absolute Gasteiger partial charge is 0.186 e. The molecule has 7 heteroatoms. The number of hydrogen-bond acceptors (Lipinski definition) is 7. The van der Waals surface area contributed by atoms with E-state index >= 15 is 0 Å². The maximum Gasteiger partial charge on any atom is 0.186 e. The van der Waals surface area contributed by atoms with Crippen LogP contribution in [0.2, 0.25) is 0 Å². The second-order valence-corrected chi connectivity index (χ2v) is 17.4. The first-order valence-corrected chi connectivity index (χ1v) is 17.3. The molecule has 6 fully saturated rings. The molecule has 0 aromatic carbocycles. The fraction of sp³-hybridized carbons (Fsp3) is 0.944. The molecule has 7 nitrogen and oxygen atoms in total. The van der Waals surface area contributed by atoms with Crippen LogP contribution < -0.4 is 0 Å². The van der Waals surface area contributed by atoms with Gasteiger partial charge in [-0.15, -0.1) is 0 Å². The molecular weight excluding hydrogens is 544 g/mol. The zero-order chi connectivity index (χ0) is 31.3. The minimum Gasteiger partial charge on any atom is -0.396 e. The summed E-state index contributed by atoms with van der Waals surface area (Å²) in [7, 11) is 0. The van der Waals surface area contributed by atoms with Crippen molar-refractivity contribution in [3.8, 4) is 0 Å². The van der Waals surface area contributed by atoms with Gasteiger partial charge < -0.3 is 35.0 Å². The van der Waals surface area contributed by atoms with E-state index in [4.69, 9.17) is 9.47 Å². The molecule has 0 radical (unpaired) electrons. The molecule has 0 bridgehead atoms. The fourth-order valence-corrected chi connectivity index (χ4v) is 13.1. The molecule has 6 aliphatic rings. The Kier molecular flexibility index (Phi) is 8.10. The number of rotatable bonds is 5. The number of fused-ring (bicyclic) bond motifs is 7. The first-order valence-electron chi connectivity index (χ1n) is 17.3. The van der Waals surface area contributed by atoms with Crippen LogP contribution in [0.15, 0.2) is 12.2 Å². The van der Waals surface area contributed by atoms with Gasteiger partial charge in [0.15, 0.2) is 6.29 Å². The van der Waals surface area contributed by atoms with Gasteiger partial charge >= 0.3 is 0 Å². The van der Waals surface area contributed by atoms with Crippen molar-refractivity contribution in [1.82, 2.24) is 0 Å². The van der Waals surface area contributed by atoms with Crippen LogP contribution in [-0.2, 0) is 9.47 Å². The summed E-state index contributed by atoms with van der Waals surface area (Å²) in [6.07, 6.45) is 4.94. The van der Waals surface area contributed by atoms with E-state index in [9.17, 15) is 25.5 Å². The maximum atomic E-state index is 10.8. The summed E-state index contributed by atoms with van der Waals surface area (Å²) >= 11 is 0. The summed E-state index contributed by atoms with van der Waals surface area (Å²) in [6.45, 7) is 19.0. The third kappa shape index (κ3) is 4.38. The molecule has 0 aromatic heterocycles. The van der Waals surface area contributed by atoms with E-state index in [2.05, 4.69) is 48.1 Å². The van der Waals surface area contributed by atoms with Crippen LogP contribution in [-0.4, -0.2) is 75.6 Å². The summed E-state index contributed by atoms with van der Waals surface area (Å²) in [5.41, 5.74) is 1.83. The fourth-order valence-electron chi connectivity index (χ4n) is 13.1. The van der Waals surface area contributed by atoms with Gasteiger partial charge in [0.25, 0.3) is 0 Å². The Bertz CT molecular complexity index is 1080. The molecular formula is C36H60O7. The average molecular weight is 605 g/mol. The molecule has 5 N–H and O–H groups in total. The molecule has 6 rings (SSSR count). The monoisotopic (exact) mass is 604 g/mol. The highest BCUT2D eigenvalue weighted by Gasteiger charge is 2.71. The highest BCUT2D eigenvalue weighted by atomic mass is 16.7. The number of aliphatic hydroxyl groups excluding tert-OH is 5. The van der Waals surface area contributed by atoms with Crippen LogP contribution in [0, 0.1) is 56.7 Å². The summed E-state index contributed by atoms with van der Waals surface area (Å²) < 4.78 is 12.3. The summed E-state index contributed by atoms with van der Waals surface area (Å²) in [6, 6.07) is 0. The molecule has 1 saturated heterocycles. The number of aliphatic hydroxyl groups is 5. The van der Waals surface area contributed by atoms with Gasteiger partial charge in [0.05, 0.1) is 12.7 Å². The predicted molar refractivity (Wildman–Crippen MR) is 165 cm³/mol. The number of allylic oxidation sites excluding steroid dienone is 1. The van der Waals surface area contributed by atoms with Crippen molar-refractivity contribution in [2.75, 3.05) is 13.2 Å². The second-order valence-electron chi connectivity index (χ2n) is 17.4. The molecule has 15 atom stereocenters. The molecule has 0 aromatic rings. The third-order valence-electron chi connectivity index (χ3n) is 15.6. The minimum atomic E-state index is -1.43. The van der Waals surface area contributed by atoms with Crippen LogP contribution in [0.3, 0.4) is 0 Å². The highest BCUT2D eigenvalue weighted by Crippen LogP contribution is 2.77. The van der Waals surface area contributed by atoms with Gasteiger partial charge in [0.2, 0.25) is 0 Å². The van der Waals surface area contributed by atoms with Crippen LogP contribution in [0.4, 0.5) is 0 Å². The largest absolute Gasteiger partial charge is 0.396 e. The molecule has 0 spiro atoms. The van der Waals surface area contributed by atoms with E-state index in [1.54, 1.807) is 0 Å². The lowest BCUT2D eigenvalue weighted by Gasteiger charge is -2.73. The Morgan fingerprint density at radius 3 is 2.16 bits per heavy atom. The standard InChI is InChI=1S/C36H60O7/c1-20(2)21-10-15-36(19-38)17-16-34(6)22(27(21)36)8-9-25-33(5)13-12-26(32(3,4)24(33)11-14-35(25,34)7)43-31-30(41)29(40)28(39)23(18-37)42-31/h21-31,37-41H,1,8-19H2,2-7H3/t21-,22+,23+,24-,25+,26-,27+,28+,29-,30-,31+,33-,34+,35+,36+/m0/s1. The van der Waals surface area contributed by atoms with Gasteiger partial charge in [-0.05, 0) is 128 Å². The van der Waals surface area contributed by atoms with Crippen molar-refractivity contribution in [3.05, 3.63) is 12.2 Å². The van der Waals surface area contributed by atoms with Crippen molar-refractivity contribution < 1.29 is 35.0 Å². The van der Waals surface area contributed by atoms with Crippen molar-refractivity contribution in [1.29, 1.82) is 0 Å². The third-order valence-corrected chi connectivity index (χ3v) is 15.6. The van der Waals surface area contributed by atoms with Crippen LogP contribution in [0.5, 0.6) is 0 Å². The zero-order valence-electron chi connectivity index (χ0n) is 27.6. The van der Waals surface area contributed by atoms with Crippen molar-refractivity contribution in [3.63, 3.8) is 0 Å². The Hall–Kier alpha value is -0.540. The van der Waals surface area contributed by atoms with E-state index in [1.807, 2.05) is 0 Å². The van der Waals surface area contributed by atoms with Crippen LogP contribution >= 0.6 is 0 Å². The summed E-state index contributed by atoms with van der Waals surface area (Å²) in [5, 5.41) is 51.8. The lowest BCUT2D eigenvalue weighted by molar-refractivity contribution is -0.332. The number of ether oxygens (including phenoxy) is 2. The second kappa shape index (κ2) is 10.7. The van der Waals surface area contributed by atoms with E-state index in [1.165, 1.54) is 37.7 Å². The SMILES string of the molecule is C=C(C)[C@@H]1CC[C@]2(CO)CC[C@]3(C)[C@H](CC[C@@H]4[C@@]5(C)CC[C@H](O[C@H]6O[C@H](CO)[C@@H](O)[C@H](O)[C@@H]6O)C(C)(C)[C@@H]5CC[C@]43C)[C@@H]12. The van der Waals surface area contributed by atoms with E-state index in [-0.39, 0.29) is 33.2 Å². The zero-order valence-corrected chi connectivity index (χ0v) is 27.6. The molecule has 0 amide bonds. The van der Waals surface area contributed by atoms with Crippen LogP contribution in [0.25, 0.3) is 0 Å². The molecule has 1 heterocycles. The van der Waals surface area contributed by atoms with Gasteiger partial charge in [-0.25, -0.2) is 0 Å². The Morgan fingerprint density at radius 2 is 1.51 bits per heavy atom. The molecule has 1 aliphatic heterocycles. The molecule has 43 heavy (non-hydrogen) atoms. The van der Waals surface area contributed by atoms with Crippen molar-refractivity contribution >= 4 is 0 Å². The van der Waals surface area contributed by atoms with Gasteiger partial charge in [0.1, 0.15) is 24.4 Å². The lowest BCUT2D eigenvalue weighted by Crippen LogP contribution is -2.67. The summed E-state index contributed by atoms with van der Waals surface area (Å²) in [5.74, 6) is 2.74. The maximum absolute atomic E-state index is 10.8. The normalized spacial score (nSPS) is 55.9. The van der Waals surface area contributed by atoms with Gasteiger partial charge in [-0.3, -0.25) is 0 Å². The molecule has 5 aliphatic carbocycles. The van der Waals surface area contributed by atoms with Gasteiger partial charge in [-0.1, -0.05) is 46.8 Å². The topological polar surface area (TPSA) is 120 Å². The molecule has 246 valence electrons. The first kappa shape index (κ1) is 32.4. The molecule has 5 saturated carbocycles. The minimum absolute atomic E-state index is 0.0693. The Morgan fingerprint density at radius 1 is 0.791 bits per heavy atom. The highest BCUT2D eigenvalue weighted by molar-refractivity contribution is 5.21. The predicted octanol–water partition coefficient (Wildman–Crippen LogP) is 4.82. The number of hydrogen-bond donors (Lipinski definition) is 5. The van der Waals surface area contributed by atoms with E-state index < -0.39 is 37.3 Å². The Labute approximate surface area is 259 Å². The van der Waals surface area contributed by atoms with Gasteiger partial charge in [-0.2, -0.15) is 0 Å².